The second-order valence-corrected chi connectivity index (χ2v) is 6.12. The van der Waals surface area contributed by atoms with Crippen LogP contribution >= 0.6 is 0 Å². The number of hydrogen-bond acceptors (Lipinski definition) is 3. The second kappa shape index (κ2) is 8.39. The van der Waals surface area contributed by atoms with Gasteiger partial charge in [-0.1, -0.05) is 48.5 Å². The summed E-state index contributed by atoms with van der Waals surface area (Å²) < 4.78 is 11.7. The Kier molecular flexibility index (Phi) is 5.74. The third-order valence-electron chi connectivity index (χ3n) is 4.28. The molecule has 0 bridgehead atoms. The molecule has 3 aromatic rings. The quantitative estimate of drug-likeness (QED) is 0.602. The second-order valence-electron chi connectivity index (χ2n) is 6.12. The van der Waals surface area contributed by atoms with Crippen molar-refractivity contribution < 1.29 is 19.4 Å². The third-order valence-corrected chi connectivity index (χ3v) is 4.28. The summed E-state index contributed by atoms with van der Waals surface area (Å²) >= 11 is 0. The van der Waals surface area contributed by atoms with Gasteiger partial charge in [0, 0.05) is 12.0 Å². The highest BCUT2D eigenvalue weighted by Crippen LogP contribution is 2.29. The molecule has 0 spiro atoms. The van der Waals surface area contributed by atoms with Crippen LogP contribution < -0.4 is 9.47 Å². The van der Waals surface area contributed by atoms with Crippen molar-refractivity contribution in [2.45, 2.75) is 19.8 Å². The Morgan fingerprint density at radius 3 is 2.35 bits per heavy atom. The minimum absolute atomic E-state index is 0.0735. The molecule has 0 saturated heterocycles. The van der Waals surface area contributed by atoms with Crippen molar-refractivity contribution in [3.05, 3.63) is 71.8 Å². The molecule has 0 aromatic heterocycles. The fraction of sp³-hybridized carbons (Fsp3) is 0.227. The number of ether oxygens (including phenoxy) is 2. The molecule has 26 heavy (non-hydrogen) atoms. The van der Waals surface area contributed by atoms with Gasteiger partial charge in [0.2, 0.25) is 0 Å². The molecular formula is C22H22O4. The summed E-state index contributed by atoms with van der Waals surface area (Å²) in [6.07, 6.45) is 0.509. The van der Waals surface area contributed by atoms with Crippen molar-refractivity contribution in [2.24, 2.45) is 0 Å². The van der Waals surface area contributed by atoms with Crippen LogP contribution in [0.5, 0.6) is 11.5 Å². The number of carbonyl (C=O) groups is 1. The van der Waals surface area contributed by atoms with E-state index in [0.29, 0.717) is 19.6 Å². The van der Waals surface area contributed by atoms with E-state index in [4.69, 9.17) is 14.6 Å². The summed E-state index contributed by atoms with van der Waals surface area (Å²) in [5.74, 6) is 0.755. The Bertz CT molecular complexity index is 902. The first-order chi connectivity index (χ1) is 12.6. The first-order valence-electron chi connectivity index (χ1n) is 8.69. The highest BCUT2D eigenvalue weighted by Gasteiger charge is 2.11. The fourth-order valence-electron chi connectivity index (χ4n) is 2.96. The lowest BCUT2D eigenvalue weighted by Gasteiger charge is -2.15. The predicted octanol–water partition coefficient (Wildman–Crippen LogP) is 4.62. The highest BCUT2D eigenvalue weighted by atomic mass is 16.5. The van der Waals surface area contributed by atoms with Crippen LogP contribution in [0.3, 0.4) is 0 Å². The molecule has 4 heteroatoms. The van der Waals surface area contributed by atoms with E-state index in [-0.39, 0.29) is 6.42 Å². The smallest absolute Gasteiger partial charge is 0.303 e. The molecule has 0 radical (unpaired) electrons. The topological polar surface area (TPSA) is 55.8 Å². The lowest BCUT2D eigenvalue weighted by atomic mass is 10.00. The number of hydrogen-bond donors (Lipinski definition) is 1. The maximum atomic E-state index is 11.0. The maximum absolute atomic E-state index is 11.0. The minimum atomic E-state index is -0.813. The van der Waals surface area contributed by atoms with Crippen molar-refractivity contribution >= 4 is 16.7 Å². The molecule has 0 fully saturated rings. The van der Waals surface area contributed by atoms with Gasteiger partial charge in [0.05, 0.1) is 0 Å². The number of aryl methyl sites for hydroxylation is 2. The van der Waals surface area contributed by atoms with Crippen molar-refractivity contribution in [2.75, 3.05) is 13.2 Å². The molecule has 4 nitrogen and oxygen atoms in total. The van der Waals surface area contributed by atoms with Crippen molar-refractivity contribution in [3.8, 4) is 11.5 Å². The normalized spacial score (nSPS) is 10.7. The summed E-state index contributed by atoms with van der Waals surface area (Å²) in [6, 6.07) is 19.7. The maximum Gasteiger partial charge on any atom is 0.303 e. The van der Waals surface area contributed by atoms with E-state index in [2.05, 4.69) is 0 Å². The Morgan fingerprint density at radius 2 is 1.58 bits per heavy atom. The first kappa shape index (κ1) is 17.8. The number of fused-ring (bicyclic) bond motifs is 1. The number of rotatable bonds is 8. The Morgan fingerprint density at radius 1 is 0.885 bits per heavy atom. The minimum Gasteiger partial charge on any atom is -0.490 e. The molecule has 0 unspecified atom stereocenters. The molecular weight excluding hydrogens is 328 g/mol. The number of carboxylic acids is 1. The predicted molar refractivity (Wildman–Crippen MR) is 102 cm³/mol. The van der Waals surface area contributed by atoms with E-state index >= 15 is 0 Å². The Balaban J connectivity index is 1.71. The standard InChI is InChI=1S/C22H22O4/c1-16-6-2-5-9-20(16)25-14-15-26-21-12-10-17-7-3-4-8-18(17)19(21)11-13-22(23)24/h2-10,12H,11,13-15H2,1H3,(H,23,24). The van der Waals surface area contributed by atoms with Crippen LogP contribution in [0.25, 0.3) is 10.8 Å². The molecule has 3 aromatic carbocycles. The molecule has 0 heterocycles. The molecule has 0 amide bonds. The van der Waals surface area contributed by atoms with Gasteiger partial charge < -0.3 is 14.6 Å². The average molecular weight is 350 g/mol. The van der Waals surface area contributed by atoms with Gasteiger partial charge in [-0.3, -0.25) is 4.79 Å². The van der Waals surface area contributed by atoms with E-state index in [0.717, 1.165) is 33.4 Å². The van der Waals surface area contributed by atoms with Gasteiger partial charge in [0.1, 0.15) is 24.7 Å². The van der Waals surface area contributed by atoms with Crippen LogP contribution in [0.1, 0.15) is 17.5 Å². The van der Waals surface area contributed by atoms with E-state index in [9.17, 15) is 4.79 Å². The lowest BCUT2D eigenvalue weighted by molar-refractivity contribution is -0.136. The highest BCUT2D eigenvalue weighted by molar-refractivity contribution is 5.88. The molecule has 0 saturated carbocycles. The molecule has 3 rings (SSSR count). The van der Waals surface area contributed by atoms with Crippen molar-refractivity contribution in [1.82, 2.24) is 0 Å². The zero-order valence-corrected chi connectivity index (χ0v) is 14.8. The molecule has 0 atom stereocenters. The number of para-hydroxylation sites is 1. The van der Waals surface area contributed by atoms with Gasteiger partial charge in [-0.25, -0.2) is 0 Å². The molecule has 0 aliphatic carbocycles. The van der Waals surface area contributed by atoms with Gasteiger partial charge in [-0.2, -0.15) is 0 Å². The van der Waals surface area contributed by atoms with Crippen LogP contribution in [-0.2, 0) is 11.2 Å². The SMILES string of the molecule is Cc1ccccc1OCCOc1ccc2ccccc2c1CCC(=O)O. The van der Waals surface area contributed by atoms with Crippen LogP contribution in [0.15, 0.2) is 60.7 Å². The van der Waals surface area contributed by atoms with E-state index in [1.807, 2.05) is 67.6 Å². The van der Waals surface area contributed by atoms with Gasteiger partial charge in [0.25, 0.3) is 0 Å². The van der Waals surface area contributed by atoms with Gasteiger partial charge in [-0.15, -0.1) is 0 Å². The monoisotopic (exact) mass is 350 g/mol. The van der Waals surface area contributed by atoms with E-state index in [1.165, 1.54) is 0 Å². The van der Waals surface area contributed by atoms with Crippen LogP contribution in [0, 0.1) is 6.92 Å². The Hall–Kier alpha value is -3.01. The fourth-order valence-corrected chi connectivity index (χ4v) is 2.96. The zero-order valence-electron chi connectivity index (χ0n) is 14.8. The summed E-state index contributed by atoms with van der Waals surface area (Å²) in [7, 11) is 0. The molecule has 0 aliphatic heterocycles. The third kappa shape index (κ3) is 4.33. The summed E-state index contributed by atoms with van der Waals surface area (Å²) in [5, 5.41) is 11.2. The van der Waals surface area contributed by atoms with Crippen molar-refractivity contribution in [1.29, 1.82) is 0 Å². The zero-order chi connectivity index (χ0) is 18.4. The van der Waals surface area contributed by atoms with Gasteiger partial charge in [0.15, 0.2) is 0 Å². The van der Waals surface area contributed by atoms with Crippen LogP contribution in [0.4, 0.5) is 0 Å². The molecule has 0 aliphatic rings. The first-order valence-corrected chi connectivity index (χ1v) is 8.69. The molecule has 1 N–H and O–H groups in total. The van der Waals surface area contributed by atoms with E-state index < -0.39 is 5.97 Å². The van der Waals surface area contributed by atoms with Crippen LogP contribution in [-0.4, -0.2) is 24.3 Å². The summed E-state index contributed by atoms with van der Waals surface area (Å²) in [5.41, 5.74) is 2.02. The number of aliphatic carboxylic acids is 1. The van der Waals surface area contributed by atoms with E-state index in [1.54, 1.807) is 0 Å². The summed E-state index contributed by atoms with van der Waals surface area (Å²) in [6.45, 7) is 2.83. The average Bonchev–Trinajstić information content (AvgIpc) is 2.65. The van der Waals surface area contributed by atoms with Crippen molar-refractivity contribution in [3.63, 3.8) is 0 Å². The Labute approximate surface area is 153 Å². The van der Waals surface area contributed by atoms with Gasteiger partial charge >= 0.3 is 5.97 Å². The van der Waals surface area contributed by atoms with Crippen LogP contribution in [0.2, 0.25) is 0 Å². The molecule has 134 valence electrons. The van der Waals surface area contributed by atoms with Gasteiger partial charge in [-0.05, 0) is 41.8 Å². The number of benzene rings is 3. The lowest BCUT2D eigenvalue weighted by Crippen LogP contribution is -2.11. The largest absolute Gasteiger partial charge is 0.490 e. The number of carboxylic acid groups (broad SMARTS) is 1. The summed E-state index contributed by atoms with van der Waals surface area (Å²) in [4.78, 5) is 11.0.